The molecule has 2 amide bonds. The molecule has 0 radical (unpaired) electrons. The van der Waals surface area contributed by atoms with Gasteiger partial charge in [-0.1, -0.05) is 54.6 Å². The zero-order chi connectivity index (χ0) is 20.8. The van der Waals surface area contributed by atoms with Gasteiger partial charge in [0.2, 0.25) is 5.91 Å². The standard InChI is InChI=1S/C24H22N2O3S/c27-22(13-6-14-25-24(28)21-12-7-15-30-21)26-23(17-8-2-1-3-9-17)20-16-18-10-4-5-11-19(18)29-20/h1-5,7-12,15-16,23H,6,13-14H2,(H,25,28)(H,26,27). The molecule has 4 rings (SSSR count). The SMILES string of the molecule is O=C(CCCNC(=O)c1cccs1)NC(c1ccccc1)c1cc2ccccc2o1. The first kappa shape index (κ1) is 19.9. The van der Waals surface area contributed by atoms with Crippen molar-refractivity contribution in [2.24, 2.45) is 0 Å². The quantitative estimate of drug-likeness (QED) is 0.399. The van der Waals surface area contributed by atoms with Crippen LogP contribution in [0.15, 0.2) is 82.6 Å². The molecule has 6 heteroatoms. The van der Waals surface area contributed by atoms with Crippen molar-refractivity contribution >= 4 is 34.1 Å². The highest BCUT2D eigenvalue weighted by Gasteiger charge is 2.20. The minimum Gasteiger partial charge on any atom is -0.459 e. The van der Waals surface area contributed by atoms with E-state index in [2.05, 4.69) is 10.6 Å². The molecule has 0 spiro atoms. The van der Waals surface area contributed by atoms with Crippen molar-refractivity contribution in [2.75, 3.05) is 6.54 Å². The summed E-state index contributed by atoms with van der Waals surface area (Å²) in [5.74, 6) is 0.506. The molecule has 2 aromatic heterocycles. The number of thiophene rings is 1. The largest absolute Gasteiger partial charge is 0.459 e. The van der Waals surface area contributed by atoms with Gasteiger partial charge in [-0.3, -0.25) is 9.59 Å². The Morgan fingerprint density at radius 1 is 0.967 bits per heavy atom. The number of fused-ring (bicyclic) bond motifs is 1. The van der Waals surface area contributed by atoms with Crippen LogP contribution in [-0.4, -0.2) is 18.4 Å². The van der Waals surface area contributed by atoms with Gasteiger partial charge >= 0.3 is 0 Å². The predicted octanol–water partition coefficient (Wildman–Crippen LogP) is 4.91. The summed E-state index contributed by atoms with van der Waals surface area (Å²) in [6.45, 7) is 0.449. The molecule has 0 saturated carbocycles. The Morgan fingerprint density at radius 2 is 1.77 bits per heavy atom. The van der Waals surface area contributed by atoms with Gasteiger partial charge in [0.05, 0.1) is 4.88 Å². The second-order valence-corrected chi connectivity index (χ2v) is 7.88. The molecule has 30 heavy (non-hydrogen) atoms. The molecule has 0 aliphatic rings. The van der Waals surface area contributed by atoms with E-state index in [1.807, 2.05) is 72.1 Å². The fraction of sp³-hybridized carbons (Fsp3) is 0.167. The first-order valence-electron chi connectivity index (χ1n) is 9.85. The summed E-state index contributed by atoms with van der Waals surface area (Å²) in [4.78, 5) is 25.3. The third-order valence-corrected chi connectivity index (χ3v) is 5.65. The topological polar surface area (TPSA) is 71.3 Å². The summed E-state index contributed by atoms with van der Waals surface area (Å²) < 4.78 is 6.01. The lowest BCUT2D eigenvalue weighted by Gasteiger charge is -2.17. The van der Waals surface area contributed by atoms with Crippen molar-refractivity contribution in [2.45, 2.75) is 18.9 Å². The van der Waals surface area contributed by atoms with E-state index < -0.39 is 0 Å². The number of carbonyl (C=O) groups is 2. The molecular formula is C24H22N2O3S. The minimum atomic E-state index is -0.369. The maximum Gasteiger partial charge on any atom is 0.261 e. The fourth-order valence-corrected chi connectivity index (χ4v) is 3.93. The normalized spacial score (nSPS) is 11.9. The number of benzene rings is 2. The van der Waals surface area contributed by atoms with E-state index in [0.717, 1.165) is 16.5 Å². The first-order valence-corrected chi connectivity index (χ1v) is 10.7. The number of rotatable bonds is 8. The third-order valence-electron chi connectivity index (χ3n) is 4.78. The Balaban J connectivity index is 1.39. The van der Waals surface area contributed by atoms with Crippen molar-refractivity contribution in [3.05, 3.63) is 94.4 Å². The Morgan fingerprint density at radius 3 is 2.53 bits per heavy atom. The summed E-state index contributed by atoms with van der Waals surface area (Å²) >= 11 is 1.40. The Kier molecular flexibility index (Phi) is 6.25. The fourth-order valence-electron chi connectivity index (χ4n) is 3.29. The third kappa shape index (κ3) is 4.78. The van der Waals surface area contributed by atoms with Gasteiger partial charge in [0, 0.05) is 18.4 Å². The van der Waals surface area contributed by atoms with Crippen LogP contribution in [0.5, 0.6) is 0 Å². The van der Waals surface area contributed by atoms with Crippen LogP contribution in [0.4, 0.5) is 0 Å². The zero-order valence-corrected chi connectivity index (χ0v) is 17.2. The van der Waals surface area contributed by atoms with Gasteiger partial charge in [-0.2, -0.15) is 0 Å². The van der Waals surface area contributed by atoms with Gasteiger partial charge in [-0.25, -0.2) is 0 Å². The van der Waals surface area contributed by atoms with Crippen molar-refractivity contribution in [1.29, 1.82) is 0 Å². The molecule has 2 aromatic carbocycles. The number of para-hydroxylation sites is 1. The van der Waals surface area contributed by atoms with E-state index in [1.165, 1.54) is 11.3 Å². The molecule has 1 atom stereocenters. The summed E-state index contributed by atoms with van der Waals surface area (Å²) in [7, 11) is 0. The Labute approximate surface area is 178 Å². The van der Waals surface area contributed by atoms with E-state index >= 15 is 0 Å². The molecule has 0 bridgehead atoms. The average molecular weight is 419 g/mol. The Bertz CT molecular complexity index is 1090. The number of hydrogen-bond donors (Lipinski definition) is 2. The van der Waals surface area contributed by atoms with Gasteiger partial charge in [0.25, 0.3) is 5.91 Å². The summed E-state index contributed by atoms with van der Waals surface area (Å²) in [5, 5.41) is 8.79. The number of carbonyl (C=O) groups excluding carboxylic acids is 2. The van der Waals surface area contributed by atoms with Crippen molar-refractivity contribution in [1.82, 2.24) is 10.6 Å². The molecule has 0 aliphatic carbocycles. The number of nitrogens with one attached hydrogen (secondary N) is 2. The van der Waals surface area contributed by atoms with Gasteiger partial charge < -0.3 is 15.1 Å². The smallest absolute Gasteiger partial charge is 0.261 e. The first-order chi connectivity index (χ1) is 14.7. The molecular weight excluding hydrogens is 396 g/mol. The zero-order valence-electron chi connectivity index (χ0n) is 16.3. The lowest BCUT2D eigenvalue weighted by molar-refractivity contribution is -0.121. The molecule has 0 fully saturated rings. The molecule has 0 aliphatic heterocycles. The highest BCUT2D eigenvalue weighted by Crippen LogP contribution is 2.28. The van der Waals surface area contributed by atoms with E-state index in [9.17, 15) is 9.59 Å². The second kappa shape index (κ2) is 9.41. The molecule has 4 aromatic rings. The molecule has 152 valence electrons. The summed E-state index contributed by atoms with van der Waals surface area (Å²) in [6, 6.07) is 22.8. The van der Waals surface area contributed by atoms with Gasteiger partial charge in [-0.05, 0) is 35.6 Å². The van der Waals surface area contributed by atoms with E-state index in [-0.39, 0.29) is 17.9 Å². The number of amides is 2. The Hall–Kier alpha value is -3.38. The highest BCUT2D eigenvalue weighted by molar-refractivity contribution is 7.12. The average Bonchev–Trinajstić information content (AvgIpc) is 3.45. The highest BCUT2D eigenvalue weighted by atomic mass is 32.1. The summed E-state index contributed by atoms with van der Waals surface area (Å²) in [5.41, 5.74) is 1.75. The van der Waals surface area contributed by atoms with Crippen LogP contribution < -0.4 is 10.6 Å². The van der Waals surface area contributed by atoms with Crippen molar-refractivity contribution < 1.29 is 14.0 Å². The lowest BCUT2D eigenvalue weighted by Crippen LogP contribution is -2.30. The molecule has 2 heterocycles. The lowest BCUT2D eigenvalue weighted by atomic mass is 10.0. The van der Waals surface area contributed by atoms with Crippen molar-refractivity contribution in [3.8, 4) is 0 Å². The monoisotopic (exact) mass is 418 g/mol. The molecule has 5 nitrogen and oxygen atoms in total. The van der Waals surface area contributed by atoms with Crippen LogP contribution >= 0.6 is 11.3 Å². The van der Waals surface area contributed by atoms with Crippen LogP contribution in [0.25, 0.3) is 11.0 Å². The molecule has 0 saturated heterocycles. The van der Waals surface area contributed by atoms with E-state index in [4.69, 9.17) is 4.42 Å². The van der Waals surface area contributed by atoms with E-state index in [1.54, 1.807) is 6.07 Å². The van der Waals surface area contributed by atoms with Crippen molar-refractivity contribution in [3.63, 3.8) is 0 Å². The van der Waals surface area contributed by atoms with E-state index in [0.29, 0.717) is 30.0 Å². The molecule has 1 unspecified atom stereocenters. The van der Waals surface area contributed by atoms with Gasteiger partial charge in [0.1, 0.15) is 17.4 Å². The van der Waals surface area contributed by atoms with Crippen LogP contribution in [0.3, 0.4) is 0 Å². The maximum absolute atomic E-state index is 12.6. The van der Waals surface area contributed by atoms with Crippen LogP contribution in [0.2, 0.25) is 0 Å². The van der Waals surface area contributed by atoms with Crippen LogP contribution in [0.1, 0.15) is 39.9 Å². The predicted molar refractivity (Wildman–Crippen MR) is 119 cm³/mol. The second-order valence-electron chi connectivity index (χ2n) is 6.93. The van der Waals surface area contributed by atoms with Crippen LogP contribution in [-0.2, 0) is 4.79 Å². The number of furan rings is 1. The van der Waals surface area contributed by atoms with Gasteiger partial charge in [0.15, 0.2) is 0 Å². The number of hydrogen-bond acceptors (Lipinski definition) is 4. The summed E-state index contributed by atoms with van der Waals surface area (Å²) in [6.07, 6.45) is 0.874. The molecule has 2 N–H and O–H groups in total. The minimum absolute atomic E-state index is 0.0883. The van der Waals surface area contributed by atoms with Gasteiger partial charge in [-0.15, -0.1) is 11.3 Å². The maximum atomic E-state index is 12.6. The van der Waals surface area contributed by atoms with Crippen LogP contribution in [0, 0.1) is 0 Å².